The summed E-state index contributed by atoms with van der Waals surface area (Å²) in [4.78, 5) is 12.5. The number of alkyl halides is 1. The van der Waals surface area contributed by atoms with Crippen LogP contribution in [0.3, 0.4) is 0 Å². The van der Waals surface area contributed by atoms with Crippen LogP contribution >= 0.6 is 11.6 Å². The average molecular weight is 200 g/mol. The first kappa shape index (κ1) is 9.67. The molecule has 0 aromatic heterocycles. The summed E-state index contributed by atoms with van der Waals surface area (Å²) in [6.45, 7) is 0. The van der Waals surface area contributed by atoms with Crippen LogP contribution in [0, 0.1) is 0 Å². The van der Waals surface area contributed by atoms with Gasteiger partial charge in [0.1, 0.15) is 5.88 Å². The van der Waals surface area contributed by atoms with Crippen molar-refractivity contribution in [1.82, 2.24) is 15.5 Å². The number of rotatable bonds is 1. The average Bonchev–Trinajstić information content (AvgIpc) is 2.29. The summed E-state index contributed by atoms with van der Waals surface area (Å²) in [6, 6.07) is 0. The van der Waals surface area contributed by atoms with E-state index in [4.69, 9.17) is 11.6 Å². The summed E-state index contributed by atoms with van der Waals surface area (Å²) in [5.41, 5.74) is 0. The van der Waals surface area contributed by atoms with Crippen LogP contribution in [0.2, 0.25) is 0 Å². The van der Waals surface area contributed by atoms with E-state index in [1.807, 2.05) is 0 Å². The molecule has 0 spiro atoms. The van der Waals surface area contributed by atoms with E-state index in [-0.39, 0.29) is 11.8 Å². The smallest absolute Gasteiger partial charge is 0.245 e. The quantitative estimate of drug-likeness (QED) is 0.610. The molecule has 0 bridgehead atoms. The van der Waals surface area contributed by atoms with Crippen LogP contribution in [-0.4, -0.2) is 16.7 Å². The lowest BCUT2D eigenvalue weighted by Gasteiger charge is -2.10. The Morgan fingerprint density at radius 2 is 1.69 bits per heavy atom. The van der Waals surface area contributed by atoms with Gasteiger partial charge in [0.2, 0.25) is 5.91 Å². The van der Waals surface area contributed by atoms with Crippen molar-refractivity contribution in [3.63, 3.8) is 0 Å². The minimum atomic E-state index is -0.181. The third-order valence-corrected chi connectivity index (χ3v) is 1.57. The summed E-state index contributed by atoms with van der Waals surface area (Å²) in [6.07, 6.45) is 9.87. The van der Waals surface area contributed by atoms with Crippen molar-refractivity contribution in [2.45, 2.75) is 0 Å². The lowest BCUT2D eigenvalue weighted by atomic mass is 10.5. The number of carbonyl (C=O) groups is 1. The number of nitrogens with one attached hydrogen (secondary N) is 2. The Bertz CT molecular complexity index is 242. The van der Waals surface area contributed by atoms with Crippen molar-refractivity contribution in [2.75, 3.05) is 5.88 Å². The molecule has 0 fully saturated rings. The number of nitrogens with zero attached hydrogens (tertiary/aromatic N) is 1. The summed E-state index contributed by atoms with van der Waals surface area (Å²) < 4.78 is 0. The highest BCUT2D eigenvalue weighted by Gasteiger charge is 2.04. The van der Waals surface area contributed by atoms with Gasteiger partial charge < -0.3 is 10.6 Å². The van der Waals surface area contributed by atoms with Crippen molar-refractivity contribution < 1.29 is 4.79 Å². The van der Waals surface area contributed by atoms with Gasteiger partial charge in [-0.2, -0.15) is 0 Å². The predicted octanol–water partition coefficient (Wildman–Crippen LogP) is 0.660. The molecule has 0 aromatic rings. The van der Waals surface area contributed by atoms with E-state index in [1.165, 1.54) is 4.90 Å². The van der Waals surface area contributed by atoms with E-state index in [2.05, 4.69) is 10.6 Å². The maximum atomic E-state index is 11.2. The second kappa shape index (κ2) is 5.27. The maximum absolute atomic E-state index is 11.2. The molecule has 0 radical (unpaired) electrons. The zero-order valence-corrected chi connectivity index (χ0v) is 7.66. The van der Waals surface area contributed by atoms with E-state index in [1.54, 1.807) is 37.2 Å². The Morgan fingerprint density at radius 3 is 2.15 bits per heavy atom. The predicted molar refractivity (Wildman–Crippen MR) is 51.3 cm³/mol. The molecule has 1 rings (SSSR count). The van der Waals surface area contributed by atoms with Crippen LogP contribution in [0.4, 0.5) is 0 Å². The highest BCUT2D eigenvalue weighted by atomic mass is 35.5. The lowest BCUT2D eigenvalue weighted by Crippen LogP contribution is -2.21. The van der Waals surface area contributed by atoms with Crippen LogP contribution < -0.4 is 10.6 Å². The highest BCUT2D eigenvalue weighted by Crippen LogP contribution is 1.95. The zero-order chi connectivity index (χ0) is 9.52. The van der Waals surface area contributed by atoms with Crippen LogP contribution in [0.25, 0.3) is 0 Å². The maximum Gasteiger partial charge on any atom is 0.245 e. The van der Waals surface area contributed by atoms with Gasteiger partial charge in [-0.15, -0.1) is 11.6 Å². The van der Waals surface area contributed by atoms with E-state index >= 15 is 0 Å². The summed E-state index contributed by atoms with van der Waals surface area (Å²) in [5.74, 6) is -0.220. The Morgan fingerprint density at radius 1 is 1.15 bits per heavy atom. The number of amides is 1. The van der Waals surface area contributed by atoms with Crippen LogP contribution in [-0.2, 0) is 4.79 Å². The van der Waals surface area contributed by atoms with E-state index in [0.717, 1.165) is 0 Å². The summed E-state index contributed by atoms with van der Waals surface area (Å²) in [5, 5.41) is 5.67. The zero-order valence-electron chi connectivity index (χ0n) is 6.90. The number of halogens is 1. The largest absolute Gasteiger partial charge is 0.365 e. The molecule has 1 aliphatic rings. The van der Waals surface area contributed by atoms with Crippen LogP contribution in [0.15, 0.2) is 37.2 Å². The minimum absolute atomic E-state index is 0.0396. The third-order valence-electron chi connectivity index (χ3n) is 1.34. The van der Waals surface area contributed by atoms with Gasteiger partial charge in [-0.3, -0.25) is 9.69 Å². The van der Waals surface area contributed by atoms with Gasteiger partial charge in [-0.05, 0) is 0 Å². The number of hydrogen-bond donors (Lipinski definition) is 2. The second-order valence-electron chi connectivity index (χ2n) is 2.23. The lowest BCUT2D eigenvalue weighted by molar-refractivity contribution is -0.123. The molecule has 0 saturated heterocycles. The first-order valence-corrected chi connectivity index (χ1v) is 4.25. The van der Waals surface area contributed by atoms with Crippen molar-refractivity contribution >= 4 is 17.5 Å². The summed E-state index contributed by atoms with van der Waals surface area (Å²) >= 11 is 5.40. The number of carbonyl (C=O) groups excluding carboxylic acids is 1. The Labute approximate surface area is 81.5 Å². The molecule has 0 saturated carbocycles. The van der Waals surface area contributed by atoms with E-state index < -0.39 is 0 Å². The van der Waals surface area contributed by atoms with Gasteiger partial charge in [0.15, 0.2) is 0 Å². The van der Waals surface area contributed by atoms with Crippen LogP contribution in [0.1, 0.15) is 0 Å². The van der Waals surface area contributed by atoms with Gasteiger partial charge in [0.05, 0.1) is 0 Å². The van der Waals surface area contributed by atoms with Crippen molar-refractivity contribution in [1.29, 1.82) is 0 Å². The SMILES string of the molecule is O=C(CCl)N1C=CNC=CNC=C1. The van der Waals surface area contributed by atoms with Gasteiger partial charge in [-0.25, -0.2) is 0 Å². The molecule has 0 unspecified atom stereocenters. The van der Waals surface area contributed by atoms with Crippen LogP contribution in [0.5, 0.6) is 0 Å². The Balaban J connectivity index is 2.66. The molecular weight excluding hydrogens is 190 g/mol. The molecule has 1 heterocycles. The fourth-order valence-corrected chi connectivity index (χ4v) is 0.877. The fourth-order valence-electron chi connectivity index (χ4n) is 0.739. The highest BCUT2D eigenvalue weighted by molar-refractivity contribution is 6.27. The Kier molecular flexibility index (Phi) is 3.92. The topological polar surface area (TPSA) is 44.4 Å². The molecule has 70 valence electrons. The van der Waals surface area contributed by atoms with E-state index in [9.17, 15) is 4.79 Å². The molecule has 13 heavy (non-hydrogen) atoms. The van der Waals surface area contributed by atoms with Gasteiger partial charge in [0, 0.05) is 37.2 Å². The normalized spacial score (nSPS) is 15.3. The molecule has 4 nitrogen and oxygen atoms in total. The molecule has 5 heteroatoms. The molecule has 1 amide bonds. The van der Waals surface area contributed by atoms with Crippen molar-refractivity contribution in [2.24, 2.45) is 0 Å². The standard InChI is InChI=1S/C8H10ClN3O/c9-7-8(13)12-5-3-10-1-2-11-4-6-12/h1-6,10-11H,7H2. The summed E-state index contributed by atoms with van der Waals surface area (Å²) in [7, 11) is 0. The van der Waals surface area contributed by atoms with Crippen molar-refractivity contribution in [3.8, 4) is 0 Å². The molecule has 0 aromatic carbocycles. The third kappa shape index (κ3) is 3.21. The molecular formula is C8H10ClN3O. The van der Waals surface area contributed by atoms with E-state index in [0.29, 0.717) is 0 Å². The Hall–Kier alpha value is -1.42. The molecule has 0 aliphatic carbocycles. The number of hydrogen-bond acceptors (Lipinski definition) is 3. The molecule has 0 atom stereocenters. The van der Waals surface area contributed by atoms with Gasteiger partial charge >= 0.3 is 0 Å². The minimum Gasteiger partial charge on any atom is -0.365 e. The van der Waals surface area contributed by atoms with Crippen molar-refractivity contribution in [3.05, 3.63) is 37.2 Å². The molecule has 1 aliphatic heterocycles. The fraction of sp³-hybridized carbons (Fsp3) is 0.125. The monoisotopic (exact) mass is 199 g/mol. The second-order valence-corrected chi connectivity index (χ2v) is 2.50. The molecule has 2 N–H and O–H groups in total. The first-order chi connectivity index (χ1) is 6.34. The van der Waals surface area contributed by atoms with Gasteiger partial charge in [0.25, 0.3) is 0 Å². The van der Waals surface area contributed by atoms with Gasteiger partial charge in [-0.1, -0.05) is 0 Å². The first-order valence-electron chi connectivity index (χ1n) is 3.72.